The van der Waals surface area contributed by atoms with E-state index in [-0.39, 0.29) is 5.91 Å². The van der Waals surface area contributed by atoms with Crippen molar-refractivity contribution in [2.24, 2.45) is 5.92 Å². The monoisotopic (exact) mass is 301 g/mol. The van der Waals surface area contributed by atoms with Crippen molar-refractivity contribution in [1.82, 2.24) is 0 Å². The Morgan fingerprint density at radius 1 is 1.32 bits per heavy atom. The first-order valence-electron chi connectivity index (χ1n) is 7.76. The van der Waals surface area contributed by atoms with Gasteiger partial charge in [-0.3, -0.25) is 4.79 Å². The predicted octanol–water partition coefficient (Wildman–Crippen LogP) is 4.96. The molecule has 0 spiro atoms. The van der Waals surface area contributed by atoms with Crippen LogP contribution in [0.5, 0.6) is 5.75 Å². The first-order valence-corrected chi connectivity index (χ1v) is 7.76. The molecule has 0 aliphatic rings. The maximum Gasteiger partial charge on any atom is 0.248 e. The van der Waals surface area contributed by atoms with Gasteiger partial charge in [-0.15, -0.1) is 0 Å². The summed E-state index contributed by atoms with van der Waals surface area (Å²) in [4.78, 5) is 11.9. The number of hydrogen-bond donors (Lipinski definition) is 1. The van der Waals surface area contributed by atoms with Crippen LogP contribution in [0, 0.1) is 5.92 Å². The van der Waals surface area contributed by atoms with E-state index < -0.39 is 0 Å². The Morgan fingerprint density at radius 3 is 2.73 bits per heavy atom. The molecule has 0 aliphatic heterocycles. The van der Waals surface area contributed by atoms with E-state index in [4.69, 9.17) is 4.74 Å². The number of carbonyl (C=O) groups is 1. The first kappa shape index (κ1) is 18.0. The lowest BCUT2D eigenvalue weighted by molar-refractivity contribution is -0.111. The number of nitrogens with one attached hydrogen (secondary N) is 1. The van der Waals surface area contributed by atoms with Gasteiger partial charge in [0.2, 0.25) is 5.91 Å². The third-order valence-corrected chi connectivity index (χ3v) is 3.38. The van der Waals surface area contributed by atoms with Gasteiger partial charge in [0.15, 0.2) is 0 Å². The van der Waals surface area contributed by atoms with E-state index in [9.17, 15) is 4.79 Å². The number of anilines is 1. The topological polar surface area (TPSA) is 38.3 Å². The molecule has 0 saturated carbocycles. The molecular formula is C19H27NO2. The smallest absolute Gasteiger partial charge is 0.248 e. The second-order valence-corrected chi connectivity index (χ2v) is 5.79. The zero-order chi connectivity index (χ0) is 16.4. The Morgan fingerprint density at radius 2 is 2.05 bits per heavy atom. The number of benzene rings is 1. The summed E-state index contributed by atoms with van der Waals surface area (Å²) in [6.45, 7) is 6.45. The third kappa shape index (κ3) is 7.11. The van der Waals surface area contributed by atoms with Gasteiger partial charge < -0.3 is 10.1 Å². The minimum atomic E-state index is -0.124. The van der Waals surface area contributed by atoms with Crippen molar-refractivity contribution in [3.05, 3.63) is 48.1 Å². The van der Waals surface area contributed by atoms with Gasteiger partial charge >= 0.3 is 0 Å². The summed E-state index contributed by atoms with van der Waals surface area (Å²) in [5.74, 6) is 1.12. The standard InChI is InChI=1S/C19H27NO2/c1-15(2)9-7-10-16(3)11-8-14-19(21)20-17-12-5-6-13-18(17)22-4/h5-6,8-9,12-14,16H,7,10-11H2,1-4H3,(H,20,21)/b14-8+. The lowest BCUT2D eigenvalue weighted by atomic mass is 10.0. The Kier molecular flexibility index (Phi) is 8.05. The number of hydrogen-bond acceptors (Lipinski definition) is 2. The summed E-state index contributed by atoms with van der Waals surface area (Å²) in [6, 6.07) is 7.39. The second-order valence-electron chi connectivity index (χ2n) is 5.79. The van der Waals surface area contributed by atoms with Crippen LogP contribution in [0.25, 0.3) is 0 Å². The minimum Gasteiger partial charge on any atom is -0.495 e. The molecule has 3 nitrogen and oxygen atoms in total. The number of ether oxygens (including phenoxy) is 1. The molecule has 1 unspecified atom stereocenters. The average molecular weight is 301 g/mol. The maximum atomic E-state index is 11.9. The molecule has 1 N–H and O–H groups in total. The molecule has 0 heterocycles. The van der Waals surface area contributed by atoms with Crippen LogP contribution in [0.1, 0.15) is 40.0 Å². The van der Waals surface area contributed by atoms with Gasteiger partial charge in [0.05, 0.1) is 12.8 Å². The highest BCUT2D eigenvalue weighted by Gasteiger charge is 2.04. The van der Waals surface area contributed by atoms with Gasteiger partial charge in [-0.2, -0.15) is 0 Å². The van der Waals surface area contributed by atoms with E-state index in [0.29, 0.717) is 17.4 Å². The maximum absolute atomic E-state index is 11.9. The Hall–Kier alpha value is -2.03. The molecule has 0 saturated heterocycles. The zero-order valence-corrected chi connectivity index (χ0v) is 14.1. The highest BCUT2D eigenvalue weighted by Crippen LogP contribution is 2.22. The normalized spacial score (nSPS) is 12.0. The Labute approximate surface area is 134 Å². The van der Waals surface area contributed by atoms with Gasteiger partial charge in [-0.25, -0.2) is 0 Å². The van der Waals surface area contributed by atoms with Crippen molar-refractivity contribution in [2.75, 3.05) is 12.4 Å². The lowest BCUT2D eigenvalue weighted by Gasteiger charge is -2.08. The summed E-state index contributed by atoms with van der Waals surface area (Å²) < 4.78 is 5.21. The fourth-order valence-electron chi connectivity index (χ4n) is 2.10. The fourth-order valence-corrected chi connectivity index (χ4v) is 2.10. The molecule has 3 heteroatoms. The third-order valence-electron chi connectivity index (χ3n) is 3.38. The minimum absolute atomic E-state index is 0.124. The average Bonchev–Trinajstić information content (AvgIpc) is 2.47. The van der Waals surface area contributed by atoms with Crippen LogP contribution in [0.2, 0.25) is 0 Å². The van der Waals surface area contributed by atoms with E-state index in [1.807, 2.05) is 30.3 Å². The second kappa shape index (κ2) is 9.82. The molecule has 0 aliphatic carbocycles. The lowest BCUT2D eigenvalue weighted by Crippen LogP contribution is -2.09. The molecule has 1 atom stereocenters. The first-order chi connectivity index (χ1) is 10.5. The highest BCUT2D eigenvalue weighted by atomic mass is 16.5. The van der Waals surface area contributed by atoms with Crippen molar-refractivity contribution in [1.29, 1.82) is 0 Å². The van der Waals surface area contributed by atoms with E-state index >= 15 is 0 Å². The molecule has 0 aromatic heterocycles. The van der Waals surface area contributed by atoms with Gasteiger partial charge in [-0.1, -0.05) is 36.8 Å². The number of allylic oxidation sites excluding steroid dienone is 3. The van der Waals surface area contributed by atoms with Crippen LogP contribution in [0.15, 0.2) is 48.1 Å². The van der Waals surface area contributed by atoms with Crippen LogP contribution in [0.3, 0.4) is 0 Å². The summed E-state index contributed by atoms with van der Waals surface area (Å²) in [6.07, 6.45) is 8.96. The molecule has 1 aromatic rings. The summed E-state index contributed by atoms with van der Waals surface area (Å²) in [5.41, 5.74) is 2.05. The number of para-hydroxylation sites is 2. The Balaban J connectivity index is 2.39. The summed E-state index contributed by atoms with van der Waals surface area (Å²) in [5, 5.41) is 2.83. The van der Waals surface area contributed by atoms with Crippen molar-refractivity contribution >= 4 is 11.6 Å². The molecule has 0 fully saturated rings. The van der Waals surface area contributed by atoms with Crippen molar-refractivity contribution in [3.63, 3.8) is 0 Å². The largest absolute Gasteiger partial charge is 0.495 e. The van der Waals surface area contributed by atoms with E-state index in [1.165, 1.54) is 5.57 Å². The van der Waals surface area contributed by atoms with Crippen molar-refractivity contribution in [2.45, 2.75) is 40.0 Å². The number of rotatable bonds is 8. The van der Waals surface area contributed by atoms with E-state index in [1.54, 1.807) is 13.2 Å². The molecule has 120 valence electrons. The van der Waals surface area contributed by atoms with Crippen LogP contribution in [-0.2, 0) is 4.79 Å². The quantitative estimate of drug-likeness (QED) is 0.544. The predicted molar refractivity (Wildman–Crippen MR) is 93.2 cm³/mol. The van der Waals surface area contributed by atoms with Gasteiger partial charge in [0.1, 0.15) is 5.75 Å². The van der Waals surface area contributed by atoms with Crippen molar-refractivity contribution < 1.29 is 9.53 Å². The summed E-state index contributed by atoms with van der Waals surface area (Å²) in [7, 11) is 1.59. The SMILES string of the molecule is COc1ccccc1NC(=O)/C=C/CC(C)CCC=C(C)C. The molecule has 1 rings (SSSR count). The number of carbonyl (C=O) groups excluding carboxylic acids is 1. The van der Waals surface area contributed by atoms with Gasteiger partial charge in [0.25, 0.3) is 0 Å². The van der Waals surface area contributed by atoms with Crippen LogP contribution in [0.4, 0.5) is 5.69 Å². The van der Waals surface area contributed by atoms with Gasteiger partial charge in [-0.05, 0) is 57.2 Å². The van der Waals surface area contributed by atoms with Crippen LogP contribution >= 0.6 is 0 Å². The van der Waals surface area contributed by atoms with E-state index in [2.05, 4.69) is 32.2 Å². The van der Waals surface area contributed by atoms with Crippen LogP contribution < -0.4 is 10.1 Å². The number of methoxy groups -OCH3 is 1. The molecule has 0 radical (unpaired) electrons. The molecule has 0 bridgehead atoms. The fraction of sp³-hybridized carbons (Fsp3) is 0.421. The highest BCUT2D eigenvalue weighted by molar-refractivity contribution is 6.00. The van der Waals surface area contributed by atoms with Crippen molar-refractivity contribution in [3.8, 4) is 5.75 Å². The molecule has 1 aromatic carbocycles. The Bertz CT molecular complexity index is 528. The zero-order valence-electron chi connectivity index (χ0n) is 14.1. The molecule has 1 amide bonds. The molecule has 22 heavy (non-hydrogen) atoms. The van der Waals surface area contributed by atoms with E-state index in [0.717, 1.165) is 19.3 Å². The number of amides is 1. The van der Waals surface area contributed by atoms with Gasteiger partial charge in [0, 0.05) is 0 Å². The van der Waals surface area contributed by atoms with Crippen LogP contribution in [-0.4, -0.2) is 13.0 Å². The summed E-state index contributed by atoms with van der Waals surface area (Å²) >= 11 is 0. The molecular weight excluding hydrogens is 274 g/mol.